The van der Waals surface area contributed by atoms with E-state index >= 15 is 0 Å². The van der Waals surface area contributed by atoms with Crippen LogP contribution in [-0.2, 0) is 25.5 Å². The van der Waals surface area contributed by atoms with Crippen LogP contribution in [0.5, 0.6) is 0 Å². The number of halogens is 1. The summed E-state index contributed by atoms with van der Waals surface area (Å²) in [4.78, 5) is 37.7. The summed E-state index contributed by atoms with van der Waals surface area (Å²) in [5.41, 5.74) is -0.506. The highest BCUT2D eigenvalue weighted by Gasteiger charge is 2.37. The molecule has 2 fully saturated rings. The number of aryl methyl sites for hydroxylation is 1. The van der Waals surface area contributed by atoms with Crippen molar-refractivity contribution in [2.75, 3.05) is 26.7 Å². The molecule has 9 nitrogen and oxygen atoms in total. The van der Waals surface area contributed by atoms with Crippen LogP contribution in [0.3, 0.4) is 0 Å². The van der Waals surface area contributed by atoms with E-state index in [9.17, 15) is 14.4 Å². The lowest BCUT2D eigenvalue weighted by molar-refractivity contribution is -0.138. The number of nitrogens with zero attached hydrogens (tertiary/aromatic N) is 2. The van der Waals surface area contributed by atoms with Gasteiger partial charge in [0.05, 0.1) is 5.60 Å². The zero-order chi connectivity index (χ0) is 20.1. The first-order valence-electron chi connectivity index (χ1n) is 9.42. The van der Waals surface area contributed by atoms with Gasteiger partial charge in [-0.2, -0.15) is 0 Å². The normalized spacial score (nSPS) is 21.4. The molecule has 1 unspecified atom stereocenters. The third kappa shape index (κ3) is 5.02. The summed E-state index contributed by atoms with van der Waals surface area (Å²) in [6, 6.07) is 1.14. The average Bonchev–Trinajstić information content (AvgIpc) is 3.32. The summed E-state index contributed by atoms with van der Waals surface area (Å²) in [5, 5.41) is 9.42. The molecule has 1 aromatic heterocycles. The molecule has 0 aromatic carbocycles. The average molecular weight is 413 g/mol. The Morgan fingerprint density at radius 1 is 1.46 bits per heavy atom. The van der Waals surface area contributed by atoms with Crippen molar-refractivity contribution in [2.45, 2.75) is 50.2 Å². The molecule has 3 amide bonds. The topological polar surface area (TPSA) is 114 Å². The lowest BCUT2D eigenvalue weighted by Gasteiger charge is -2.41. The predicted molar refractivity (Wildman–Crippen MR) is 99.6 cm³/mol. The molecule has 28 heavy (non-hydrogen) atoms. The second-order valence-corrected chi connectivity index (χ2v) is 7.65. The summed E-state index contributed by atoms with van der Waals surface area (Å²) in [7, 11) is 1.62. The number of rotatable bonds is 7. The molecule has 0 radical (unpaired) electrons. The van der Waals surface area contributed by atoms with E-state index in [0.29, 0.717) is 63.9 Å². The van der Waals surface area contributed by atoms with Gasteiger partial charge in [-0.3, -0.25) is 14.4 Å². The fourth-order valence-electron chi connectivity index (χ4n) is 3.59. The molecule has 154 valence electrons. The Hall–Kier alpha value is -2.13. The van der Waals surface area contributed by atoms with Gasteiger partial charge in [-0.25, -0.2) is 0 Å². The number of amides is 3. The van der Waals surface area contributed by atoms with Crippen molar-refractivity contribution in [2.24, 2.45) is 0 Å². The molecule has 0 saturated carbocycles. The van der Waals surface area contributed by atoms with Crippen LogP contribution in [0.25, 0.3) is 0 Å². The Morgan fingerprint density at radius 2 is 2.21 bits per heavy atom. The number of methoxy groups -OCH3 is 1. The minimum Gasteiger partial charge on any atom is -0.376 e. The van der Waals surface area contributed by atoms with Crippen LogP contribution < -0.4 is 10.6 Å². The monoisotopic (exact) mass is 412 g/mol. The van der Waals surface area contributed by atoms with Gasteiger partial charge in [0.25, 0.3) is 0 Å². The predicted octanol–water partition coefficient (Wildman–Crippen LogP) is 0.663. The zero-order valence-corrected chi connectivity index (χ0v) is 16.6. The summed E-state index contributed by atoms with van der Waals surface area (Å²) < 4.78 is 10.7. The minimum absolute atomic E-state index is 0.0370. The third-order valence-corrected chi connectivity index (χ3v) is 5.65. The lowest BCUT2D eigenvalue weighted by Crippen LogP contribution is -2.54. The van der Waals surface area contributed by atoms with Crippen LogP contribution in [0, 0.1) is 0 Å². The van der Waals surface area contributed by atoms with Crippen molar-refractivity contribution in [1.82, 2.24) is 20.7 Å². The molecule has 1 aromatic rings. The van der Waals surface area contributed by atoms with E-state index in [4.69, 9.17) is 20.9 Å². The Balaban J connectivity index is 1.44. The zero-order valence-electron chi connectivity index (χ0n) is 15.8. The smallest absolute Gasteiger partial charge is 0.242 e. The molecular formula is C18H25ClN4O5. The Labute approximate surface area is 168 Å². The first-order chi connectivity index (χ1) is 13.4. The second kappa shape index (κ2) is 8.91. The largest absolute Gasteiger partial charge is 0.376 e. The van der Waals surface area contributed by atoms with Gasteiger partial charge in [-0.05, 0) is 19.3 Å². The quantitative estimate of drug-likeness (QED) is 0.680. The highest BCUT2D eigenvalue weighted by atomic mass is 35.5. The fraction of sp³-hybridized carbons (Fsp3) is 0.667. The van der Waals surface area contributed by atoms with E-state index in [1.807, 2.05) is 0 Å². The number of piperidine rings is 1. The standard InChI is InChI=1S/C18H25ClN4O5/c1-27-18(11-20-17(26)13-3-4-15(24)21-13)6-8-23(9-7-18)16(25)5-2-12-10-14(19)22-28-12/h10,13H,2-9,11H2,1H3,(H,20,26)(H,21,24). The Morgan fingerprint density at radius 3 is 2.79 bits per heavy atom. The van der Waals surface area contributed by atoms with Crippen LogP contribution in [0.4, 0.5) is 0 Å². The number of aromatic nitrogens is 1. The fourth-order valence-corrected chi connectivity index (χ4v) is 3.75. The van der Waals surface area contributed by atoms with Crippen LogP contribution in [0.2, 0.25) is 5.15 Å². The van der Waals surface area contributed by atoms with Crippen molar-refractivity contribution in [3.63, 3.8) is 0 Å². The molecule has 10 heteroatoms. The number of likely N-dealkylation sites (tertiary alicyclic amines) is 1. The van der Waals surface area contributed by atoms with Crippen molar-refractivity contribution < 1.29 is 23.6 Å². The van der Waals surface area contributed by atoms with Gasteiger partial charge in [0, 0.05) is 52.1 Å². The lowest BCUT2D eigenvalue weighted by atomic mass is 9.90. The Kier molecular flexibility index (Phi) is 6.56. The van der Waals surface area contributed by atoms with Crippen LogP contribution >= 0.6 is 11.6 Å². The molecule has 2 N–H and O–H groups in total. The first kappa shape index (κ1) is 20.6. The van der Waals surface area contributed by atoms with Gasteiger partial charge in [0.1, 0.15) is 11.8 Å². The Bertz CT molecular complexity index is 729. The number of hydrogen-bond acceptors (Lipinski definition) is 6. The molecule has 2 aliphatic heterocycles. The number of ether oxygens (including phenoxy) is 1. The number of nitrogens with one attached hydrogen (secondary N) is 2. The van der Waals surface area contributed by atoms with Crippen LogP contribution in [-0.4, -0.2) is 66.2 Å². The number of carbonyl (C=O) groups is 3. The van der Waals surface area contributed by atoms with Gasteiger partial charge < -0.3 is 24.8 Å². The van der Waals surface area contributed by atoms with Crippen molar-refractivity contribution >= 4 is 29.3 Å². The summed E-state index contributed by atoms with van der Waals surface area (Å²) in [5.74, 6) is 0.339. The van der Waals surface area contributed by atoms with E-state index < -0.39 is 11.6 Å². The third-order valence-electron chi connectivity index (χ3n) is 5.47. The molecule has 2 saturated heterocycles. The first-order valence-corrected chi connectivity index (χ1v) is 9.80. The summed E-state index contributed by atoms with van der Waals surface area (Å²) in [6.45, 7) is 1.47. The SMILES string of the molecule is COC1(CNC(=O)C2CCC(=O)N2)CCN(C(=O)CCc2cc(Cl)no2)CC1. The second-order valence-electron chi connectivity index (χ2n) is 7.26. The number of hydrogen-bond donors (Lipinski definition) is 2. The van der Waals surface area contributed by atoms with E-state index in [-0.39, 0.29) is 22.9 Å². The molecule has 3 heterocycles. The minimum atomic E-state index is -0.506. The molecule has 0 bridgehead atoms. The van der Waals surface area contributed by atoms with Crippen LogP contribution in [0.15, 0.2) is 10.6 Å². The molecule has 2 aliphatic rings. The summed E-state index contributed by atoms with van der Waals surface area (Å²) in [6.07, 6.45) is 2.92. The van der Waals surface area contributed by atoms with Gasteiger partial charge in [0.2, 0.25) is 17.7 Å². The van der Waals surface area contributed by atoms with Crippen molar-refractivity contribution in [1.29, 1.82) is 0 Å². The van der Waals surface area contributed by atoms with E-state index in [0.717, 1.165) is 0 Å². The maximum Gasteiger partial charge on any atom is 0.242 e. The van der Waals surface area contributed by atoms with E-state index in [1.54, 1.807) is 18.1 Å². The molecule has 0 spiro atoms. The molecule has 3 rings (SSSR count). The highest BCUT2D eigenvalue weighted by Crippen LogP contribution is 2.26. The molecule has 1 atom stereocenters. The maximum absolute atomic E-state index is 12.4. The van der Waals surface area contributed by atoms with Crippen LogP contribution in [0.1, 0.15) is 37.9 Å². The van der Waals surface area contributed by atoms with Gasteiger partial charge in [-0.1, -0.05) is 16.8 Å². The molecular weight excluding hydrogens is 388 g/mol. The van der Waals surface area contributed by atoms with Gasteiger partial charge in [0.15, 0.2) is 5.15 Å². The summed E-state index contributed by atoms with van der Waals surface area (Å²) >= 11 is 5.71. The molecule has 0 aliphatic carbocycles. The van der Waals surface area contributed by atoms with E-state index in [2.05, 4.69) is 15.8 Å². The van der Waals surface area contributed by atoms with Gasteiger partial charge >= 0.3 is 0 Å². The van der Waals surface area contributed by atoms with E-state index in [1.165, 1.54) is 0 Å². The highest BCUT2D eigenvalue weighted by molar-refractivity contribution is 6.29. The van der Waals surface area contributed by atoms with Crippen molar-refractivity contribution in [3.8, 4) is 0 Å². The van der Waals surface area contributed by atoms with Gasteiger partial charge in [-0.15, -0.1) is 0 Å². The number of carbonyl (C=O) groups excluding carboxylic acids is 3. The maximum atomic E-state index is 12.4. The van der Waals surface area contributed by atoms with Crippen molar-refractivity contribution in [3.05, 3.63) is 17.0 Å².